The summed E-state index contributed by atoms with van der Waals surface area (Å²) in [5.41, 5.74) is 3.19. The molecule has 0 aliphatic carbocycles. The predicted molar refractivity (Wildman–Crippen MR) is 103 cm³/mol. The molecule has 0 bridgehead atoms. The van der Waals surface area contributed by atoms with Gasteiger partial charge in [0.15, 0.2) is 0 Å². The first-order valence-corrected chi connectivity index (χ1v) is 8.17. The van der Waals surface area contributed by atoms with Crippen LogP contribution in [-0.4, -0.2) is 10.3 Å². The largest absolute Gasteiger partial charge is 0.236 e. The highest BCUT2D eigenvalue weighted by Gasteiger charge is 2.02. The van der Waals surface area contributed by atoms with Crippen molar-refractivity contribution in [3.05, 3.63) is 96.1 Å². The van der Waals surface area contributed by atoms with Crippen LogP contribution in [0.25, 0.3) is 0 Å². The zero-order valence-corrected chi connectivity index (χ0v) is 14.2. The topological polar surface area (TPSA) is 24.7 Å². The van der Waals surface area contributed by atoms with E-state index in [0.29, 0.717) is 10.3 Å². The molecule has 2 nitrogen and oxygen atoms in total. The van der Waals surface area contributed by atoms with Crippen molar-refractivity contribution in [3.8, 4) is 0 Å². The van der Waals surface area contributed by atoms with Gasteiger partial charge in [-0.15, -0.1) is 0 Å². The molecule has 0 saturated carbocycles. The van der Waals surface area contributed by atoms with Gasteiger partial charge in [-0.1, -0.05) is 89.9 Å². The van der Waals surface area contributed by atoms with E-state index in [-0.39, 0.29) is 0 Å². The van der Waals surface area contributed by atoms with E-state index in [9.17, 15) is 0 Å². The van der Waals surface area contributed by atoms with Gasteiger partial charge in [0.25, 0.3) is 0 Å². The summed E-state index contributed by atoms with van der Waals surface area (Å²) < 4.78 is 0. The molecule has 3 aromatic carbocycles. The SMILES string of the molecule is ClC(=Nc1cccc(N=C(Cl)c2ccccc2)c1)c1ccccc1. The van der Waals surface area contributed by atoms with Crippen molar-refractivity contribution in [2.45, 2.75) is 0 Å². The molecule has 0 radical (unpaired) electrons. The first-order chi connectivity index (χ1) is 11.7. The van der Waals surface area contributed by atoms with Crippen LogP contribution in [0.3, 0.4) is 0 Å². The third kappa shape index (κ3) is 4.31. The monoisotopic (exact) mass is 352 g/mol. The summed E-state index contributed by atoms with van der Waals surface area (Å²) in [6.07, 6.45) is 0. The lowest BCUT2D eigenvalue weighted by Gasteiger charge is -2.02. The van der Waals surface area contributed by atoms with Crippen molar-refractivity contribution in [1.29, 1.82) is 0 Å². The molecular formula is C20H14Cl2N2. The van der Waals surface area contributed by atoms with E-state index in [2.05, 4.69) is 9.98 Å². The van der Waals surface area contributed by atoms with E-state index in [0.717, 1.165) is 22.5 Å². The minimum atomic E-state index is 0.436. The second-order valence-electron chi connectivity index (χ2n) is 5.06. The maximum Gasteiger partial charge on any atom is 0.136 e. The number of aliphatic imine (C=N–C) groups is 2. The van der Waals surface area contributed by atoms with Gasteiger partial charge in [0.2, 0.25) is 0 Å². The molecule has 0 aliphatic rings. The summed E-state index contributed by atoms with van der Waals surface area (Å²) >= 11 is 12.6. The number of rotatable bonds is 4. The van der Waals surface area contributed by atoms with Crippen molar-refractivity contribution in [2.75, 3.05) is 0 Å². The maximum atomic E-state index is 6.28. The van der Waals surface area contributed by atoms with Gasteiger partial charge in [-0.25, -0.2) is 9.98 Å². The number of halogens is 2. The highest BCUT2D eigenvalue weighted by Crippen LogP contribution is 2.23. The molecule has 0 amide bonds. The first-order valence-electron chi connectivity index (χ1n) is 7.42. The lowest BCUT2D eigenvalue weighted by atomic mass is 10.2. The molecule has 0 aliphatic heterocycles. The van der Waals surface area contributed by atoms with Crippen LogP contribution in [0.15, 0.2) is 94.9 Å². The standard InChI is InChI=1S/C20H14Cl2N2/c21-19(15-8-3-1-4-9-15)23-17-12-7-13-18(14-17)24-20(22)16-10-5-2-6-11-16/h1-14H. The molecule has 0 saturated heterocycles. The quantitative estimate of drug-likeness (QED) is 0.490. The van der Waals surface area contributed by atoms with Gasteiger partial charge >= 0.3 is 0 Å². The zero-order valence-electron chi connectivity index (χ0n) is 12.7. The Hall–Kier alpha value is -2.42. The van der Waals surface area contributed by atoms with Crippen LogP contribution in [0, 0.1) is 0 Å². The Bertz CT molecular complexity index is 802. The number of hydrogen-bond donors (Lipinski definition) is 0. The average molecular weight is 353 g/mol. The Balaban J connectivity index is 1.87. The maximum absolute atomic E-state index is 6.28. The van der Waals surface area contributed by atoms with Crippen molar-refractivity contribution in [2.24, 2.45) is 9.98 Å². The fraction of sp³-hybridized carbons (Fsp3) is 0. The van der Waals surface area contributed by atoms with Crippen LogP contribution < -0.4 is 0 Å². The first kappa shape index (κ1) is 16.4. The van der Waals surface area contributed by atoms with Crippen molar-refractivity contribution in [1.82, 2.24) is 0 Å². The molecule has 0 fully saturated rings. The van der Waals surface area contributed by atoms with E-state index in [1.54, 1.807) is 0 Å². The molecule has 0 atom stereocenters. The Kier molecular flexibility index (Phi) is 5.42. The van der Waals surface area contributed by atoms with Crippen molar-refractivity contribution < 1.29 is 0 Å². The molecule has 0 N–H and O–H groups in total. The normalized spacial score (nSPS) is 12.2. The molecule has 24 heavy (non-hydrogen) atoms. The lowest BCUT2D eigenvalue weighted by molar-refractivity contribution is 1.47. The van der Waals surface area contributed by atoms with Crippen LogP contribution in [-0.2, 0) is 0 Å². The van der Waals surface area contributed by atoms with Crippen LogP contribution in [0.4, 0.5) is 11.4 Å². The summed E-state index contributed by atoms with van der Waals surface area (Å²) in [7, 11) is 0. The third-order valence-electron chi connectivity index (χ3n) is 3.31. The molecule has 0 aromatic heterocycles. The highest BCUT2D eigenvalue weighted by atomic mass is 35.5. The summed E-state index contributed by atoms with van der Waals surface area (Å²) in [5.74, 6) is 0. The molecule has 0 heterocycles. The minimum Gasteiger partial charge on any atom is -0.236 e. The Labute approximate surface area is 151 Å². The smallest absolute Gasteiger partial charge is 0.136 e. The number of hydrogen-bond acceptors (Lipinski definition) is 2. The molecular weight excluding hydrogens is 339 g/mol. The van der Waals surface area contributed by atoms with Gasteiger partial charge in [-0.3, -0.25) is 0 Å². The molecule has 0 unspecified atom stereocenters. The number of benzene rings is 3. The Morgan fingerprint density at radius 2 is 0.958 bits per heavy atom. The summed E-state index contributed by atoms with van der Waals surface area (Å²) in [6, 6.07) is 26.7. The summed E-state index contributed by atoms with van der Waals surface area (Å²) in [6.45, 7) is 0. The Morgan fingerprint density at radius 3 is 1.38 bits per heavy atom. The molecule has 0 spiro atoms. The van der Waals surface area contributed by atoms with Gasteiger partial charge in [0, 0.05) is 11.1 Å². The van der Waals surface area contributed by atoms with Crippen molar-refractivity contribution >= 4 is 44.9 Å². The average Bonchev–Trinajstić information content (AvgIpc) is 2.63. The van der Waals surface area contributed by atoms with Crippen LogP contribution >= 0.6 is 23.2 Å². The molecule has 3 rings (SSSR count). The van der Waals surface area contributed by atoms with Crippen LogP contribution in [0.1, 0.15) is 11.1 Å². The number of nitrogens with zero attached hydrogens (tertiary/aromatic N) is 2. The second kappa shape index (κ2) is 7.91. The summed E-state index contributed by atoms with van der Waals surface area (Å²) in [5, 5.41) is 0.872. The van der Waals surface area contributed by atoms with E-state index < -0.39 is 0 Å². The van der Waals surface area contributed by atoms with Gasteiger partial charge < -0.3 is 0 Å². The summed E-state index contributed by atoms with van der Waals surface area (Å²) in [4.78, 5) is 8.88. The van der Waals surface area contributed by atoms with E-state index >= 15 is 0 Å². The van der Waals surface area contributed by atoms with Gasteiger partial charge in [-0.05, 0) is 18.2 Å². The van der Waals surface area contributed by atoms with Crippen molar-refractivity contribution in [3.63, 3.8) is 0 Å². The minimum absolute atomic E-state index is 0.436. The molecule has 3 aromatic rings. The second-order valence-corrected chi connectivity index (χ2v) is 5.77. The molecule has 4 heteroatoms. The van der Waals surface area contributed by atoms with Gasteiger partial charge in [0.05, 0.1) is 11.4 Å². The van der Waals surface area contributed by atoms with E-state index in [4.69, 9.17) is 23.2 Å². The third-order valence-corrected chi connectivity index (χ3v) is 3.91. The van der Waals surface area contributed by atoms with Crippen LogP contribution in [0.2, 0.25) is 0 Å². The predicted octanol–water partition coefficient (Wildman–Crippen LogP) is 6.32. The fourth-order valence-corrected chi connectivity index (χ4v) is 2.59. The van der Waals surface area contributed by atoms with Gasteiger partial charge in [0.1, 0.15) is 10.3 Å². The Morgan fingerprint density at radius 1 is 0.542 bits per heavy atom. The highest BCUT2D eigenvalue weighted by molar-refractivity contribution is 6.70. The lowest BCUT2D eigenvalue weighted by Crippen LogP contribution is -1.90. The van der Waals surface area contributed by atoms with E-state index in [1.165, 1.54) is 0 Å². The zero-order chi connectivity index (χ0) is 16.8. The van der Waals surface area contributed by atoms with Crippen LogP contribution in [0.5, 0.6) is 0 Å². The van der Waals surface area contributed by atoms with E-state index in [1.807, 2.05) is 84.9 Å². The van der Waals surface area contributed by atoms with Gasteiger partial charge in [-0.2, -0.15) is 0 Å². The fourth-order valence-electron chi connectivity index (χ4n) is 2.14. The molecule has 118 valence electrons.